The molecule has 2 aromatic carbocycles. The molecule has 0 saturated carbocycles. The lowest BCUT2D eigenvalue weighted by molar-refractivity contribution is -0.122. The normalized spacial score (nSPS) is 18.1. The molecule has 0 unspecified atom stereocenters. The number of aromatic hydroxyl groups is 1. The third kappa shape index (κ3) is 3.25. The van der Waals surface area contributed by atoms with Crippen molar-refractivity contribution in [2.24, 2.45) is 0 Å². The highest BCUT2D eigenvalue weighted by molar-refractivity contribution is 6.09. The second kappa shape index (κ2) is 6.91. The fourth-order valence-corrected chi connectivity index (χ4v) is 3.35. The summed E-state index contributed by atoms with van der Waals surface area (Å²) in [4.78, 5) is 24.5. The van der Waals surface area contributed by atoms with E-state index in [-0.39, 0.29) is 12.4 Å². The molecule has 1 aliphatic heterocycles. The Hall–Kier alpha value is -3.92. The zero-order chi connectivity index (χ0) is 20.6. The first-order chi connectivity index (χ1) is 13.9. The number of amides is 3. The van der Waals surface area contributed by atoms with Gasteiger partial charge >= 0.3 is 6.03 Å². The number of hydrogen-bond donors (Lipinski definition) is 3. The number of rotatable bonds is 3. The number of urea groups is 1. The minimum atomic E-state index is -1.50. The molecular formula is C22H19N3O4. The van der Waals surface area contributed by atoms with Gasteiger partial charge in [0.05, 0.1) is 13.7 Å². The number of ether oxygens (including phenoxy) is 1. The number of benzene rings is 2. The molecule has 0 bridgehead atoms. The Balaban J connectivity index is 1.77. The number of fused-ring (bicyclic) bond motifs is 1. The number of carbonyl (C=O) groups excluding carboxylic acids is 2. The Bertz CT molecular complexity index is 1200. The summed E-state index contributed by atoms with van der Waals surface area (Å²) in [5.74, 6) is 5.93. The Labute approximate surface area is 167 Å². The van der Waals surface area contributed by atoms with Gasteiger partial charge in [-0.05, 0) is 36.8 Å². The number of aryl methyl sites for hydroxylation is 1. The Morgan fingerprint density at radius 2 is 2.00 bits per heavy atom. The van der Waals surface area contributed by atoms with Crippen LogP contribution in [-0.4, -0.2) is 34.3 Å². The first kappa shape index (κ1) is 18.4. The fourth-order valence-electron chi connectivity index (χ4n) is 3.35. The maximum absolute atomic E-state index is 12.6. The van der Waals surface area contributed by atoms with Crippen LogP contribution in [0.25, 0.3) is 10.8 Å². The summed E-state index contributed by atoms with van der Waals surface area (Å²) in [6, 6.07) is 12.2. The van der Waals surface area contributed by atoms with Gasteiger partial charge in [0.1, 0.15) is 5.75 Å². The van der Waals surface area contributed by atoms with Gasteiger partial charge in [0, 0.05) is 22.5 Å². The molecule has 1 fully saturated rings. The van der Waals surface area contributed by atoms with Crippen LogP contribution in [0, 0.1) is 18.8 Å². The van der Waals surface area contributed by atoms with Gasteiger partial charge in [-0.1, -0.05) is 30.0 Å². The third-order valence-corrected chi connectivity index (χ3v) is 4.97. The Morgan fingerprint density at radius 3 is 2.69 bits per heavy atom. The molecule has 3 amide bonds. The van der Waals surface area contributed by atoms with Gasteiger partial charge in [-0.3, -0.25) is 10.1 Å². The number of hydrogen-bond acceptors (Lipinski definition) is 4. The molecule has 7 nitrogen and oxygen atoms in total. The molecule has 1 saturated heterocycles. The average Bonchev–Trinajstić information content (AvgIpc) is 3.16. The molecule has 146 valence electrons. The lowest BCUT2D eigenvalue weighted by Crippen LogP contribution is -2.49. The van der Waals surface area contributed by atoms with Crippen molar-refractivity contribution in [1.82, 2.24) is 15.2 Å². The summed E-state index contributed by atoms with van der Waals surface area (Å²) in [5, 5.41) is 16.9. The van der Waals surface area contributed by atoms with Gasteiger partial charge in [0.15, 0.2) is 5.88 Å². The van der Waals surface area contributed by atoms with Gasteiger partial charge in [-0.25, -0.2) is 4.79 Å². The molecule has 0 radical (unpaired) electrons. The van der Waals surface area contributed by atoms with Crippen molar-refractivity contribution in [2.75, 3.05) is 7.11 Å². The minimum Gasteiger partial charge on any atom is -0.497 e. The first-order valence-electron chi connectivity index (χ1n) is 9.00. The second-order valence-electron chi connectivity index (χ2n) is 6.91. The molecule has 3 aromatic rings. The Kier molecular flexibility index (Phi) is 4.40. The van der Waals surface area contributed by atoms with E-state index < -0.39 is 17.5 Å². The Morgan fingerprint density at radius 1 is 1.21 bits per heavy atom. The second-order valence-corrected chi connectivity index (χ2v) is 6.91. The number of nitrogens with one attached hydrogen (secondary N) is 2. The predicted octanol–water partition coefficient (Wildman–Crippen LogP) is 2.29. The number of imide groups is 1. The number of methoxy groups -OCH3 is 1. The molecule has 3 N–H and O–H groups in total. The molecule has 29 heavy (non-hydrogen) atoms. The molecule has 2 heterocycles. The van der Waals surface area contributed by atoms with Gasteiger partial charge in [0.25, 0.3) is 5.91 Å². The summed E-state index contributed by atoms with van der Waals surface area (Å²) in [6.45, 7) is 1.87. The van der Waals surface area contributed by atoms with Crippen molar-refractivity contribution < 1.29 is 19.4 Å². The lowest BCUT2D eigenvalue weighted by Gasteiger charge is -2.20. The zero-order valence-electron chi connectivity index (χ0n) is 15.9. The van der Waals surface area contributed by atoms with E-state index in [1.54, 1.807) is 25.4 Å². The molecule has 1 atom stereocenters. The summed E-state index contributed by atoms with van der Waals surface area (Å²) in [5.41, 5.74) is 0.213. The van der Waals surface area contributed by atoms with Crippen LogP contribution in [0.1, 0.15) is 11.1 Å². The topological polar surface area (TPSA) is 92.6 Å². The van der Waals surface area contributed by atoms with E-state index in [0.29, 0.717) is 11.1 Å². The van der Waals surface area contributed by atoms with Crippen molar-refractivity contribution in [3.63, 3.8) is 0 Å². The lowest BCUT2D eigenvalue weighted by atomic mass is 9.99. The summed E-state index contributed by atoms with van der Waals surface area (Å²) in [6.07, 6.45) is 1.71. The molecule has 1 aromatic heterocycles. The van der Waals surface area contributed by atoms with E-state index in [1.165, 1.54) is 4.57 Å². The van der Waals surface area contributed by atoms with E-state index in [4.69, 9.17) is 4.74 Å². The summed E-state index contributed by atoms with van der Waals surface area (Å²) < 4.78 is 6.71. The van der Waals surface area contributed by atoms with Crippen LogP contribution < -0.4 is 15.4 Å². The van der Waals surface area contributed by atoms with E-state index in [1.807, 2.05) is 37.3 Å². The standard InChI is InChI=1S/C22H19N3O4/c1-14-5-3-4-6-15(14)9-10-22(20(27)23-21(28)24-22)13-25-12-16-7-8-17(29-2)11-18(16)19(25)26/h3-8,11-12,26H,13H2,1-2H3,(H2,23,24,27,28)/t22-/m1/s1. The van der Waals surface area contributed by atoms with Crippen LogP contribution in [0.4, 0.5) is 4.79 Å². The molecular weight excluding hydrogens is 370 g/mol. The highest BCUT2D eigenvalue weighted by Gasteiger charge is 2.46. The van der Waals surface area contributed by atoms with E-state index in [0.717, 1.165) is 16.5 Å². The quantitative estimate of drug-likeness (QED) is 0.473. The molecule has 0 aliphatic carbocycles. The van der Waals surface area contributed by atoms with Gasteiger partial charge in [-0.15, -0.1) is 0 Å². The van der Waals surface area contributed by atoms with Gasteiger partial charge in [-0.2, -0.15) is 0 Å². The van der Waals surface area contributed by atoms with E-state index in [2.05, 4.69) is 22.5 Å². The maximum Gasteiger partial charge on any atom is 0.323 e. The van der Waals surface area contributed by atoms with Crippen LogP contribution in [0.2, 0.25) is 0 Å². The third-order valence-electron chi connectivity index (χ3n) is 4.97. The van der Waals surface area contributed by atoms with Crippen LogP contribution in [0.15, 0.2) is 48.7 Å². The van der Waals surface area contributed by atoms with Crippen LogP contribution >= 0.6 is 0 Å². The van der Waals surface area contributed by atoms with Crippen LogP contribution in [-0.2, 0) is 11.3 Å². The highest BCUT2D eigenvalue weighted by Crippen LogP contribution is 2.32. The van der Waals surface area contributed by atoms with Gasteiger partial charge < -0.3 is 19.7 Å². The van der Waals surface area contributed by atoms with Crippen molar-refractivity contribution in [3.05, 3.63) is 59.8 Å². The smallest absolute Gasteiger partial charge is 0.323 e. The monoisotopic (exact) mass is 389 g/mol. The highest BCUT2D eigenvalue weighted by atomic mass is 16.5. The molecule has 7 heteroatoms. The molecule has 1 aliphatic rings. The predicted molar refractivity (Wildman–Crippen MR) is 108 cm³/mol. The maximum atomic E-state index is 12.6. The average molecular weight is 389 g/mol. The summed E-state index contributed by atoms with van der Waals surface area (Å²) in [7, 11) is 1.55. The van der Waals surface area contributed by atoms with E-state index >= 15 is 0 Å². The fraction of sp³-hybridized carbons (Fsp3) is 0.182. The molecule has 4 rings (SSSR count). The largest absolute Gasteiger partial charge is 0.497 e. The van der Waals surface area contributed by atoms with Crippen LogP contribution in [0.5, 0.6) is 11.6 Å². The van der Waals surface area contributed by atoms with Crippen molar-refractivity contribution in [2.45, 2.75) is 19.0 Å². The zero-order valence-corrected chi connectivity index (χ0v) is 15.9. The minimum absolute atomic E-state index is 0.0371. The number of carbonyl (C=O) groups is 2. The van der Waals surface area contributed by atoms with E-state index in [9.17, 15) is 14.7 Å². The van der Waals surface area contributed by atoms with Crippen molar-refractivity contribution >= 4 is 22.7 Å². The summed E-state index contributed by atoms with van der Waals surface area (Å²) >= 11 is 0. The SMILES string of the molecule is COc1ccc2cn(C[C@@]3(C#Cc4ccccc4C)NC(=O)NC3=O)c(O)c2c1. The molecule has 0 spiro atoms. The van der Waals surface area contributed by atoms with Gasteiger partial charge in [0.2, 0.25) is 5.54 Å². The van der Waals surface area contributed by atoms with Crippen LogP contribution in [0.3, 0.4) is 0 Å². The van der Waals surface area contributed by atoms with Crippen molar-refractivity contribution in [1.29, 1.82) is 0 Å². The number of aromatic nitrogens is 1. The van der Waals surface area contributed by atoms with Crippen molar-refractivity contribution in [3.8, 4) is 23.5 Å². The number of nitrogens with zero attached hydrogens (tertiary/aromatic N) is 1. The first-order valence-corrected chi connectivity index (χ1v) is 9.00.